The van der Waals surface area contributed by atoms with Crippen molar-refractivity contribution >= 4 is 23.8 Å². The second-order valence-electron chi connectivity index (χ2n) is 22.0. The smallest absolute Gasteiger partial charge is 0.338 e. The average Bonchev–Trinajstić information content (AvgIpc) is 3.46. The molecule has 9 atom stereocenters. The van der Waals surface area contributed by atoms with E-state index in [1.807, 2.05) is 0 Å². The summed E-state index contributed by atoms with van der Waals surface area (Å²) in [6.45, 7) is 4.46. The summed E-state index contributed by atoms with van der Waals surface area (Å²) in [4.78, 5) is 55.2. The van der Waals surface area contributed by atoms with Gasteiger partial charge in [0.1, 0.15) is 30.5 Å². The third-order valence-electron chi connectivity index (χ3n) is 15.2. The number of rotatable bonds is 47. The van der Waals surface area contributed by atoms with Crippen LogP contribution in [0.2, 0.25) is 0 Å². The minimum absolute atomic E-state index is 0.193. The number of carbonyl (C=O) groups is 4. The molecule has 3 rings (SSSR count). The zero-order chi connectivity index (χ0) is 56.4. The van der Waals surface area contributed by atoms with E-state index in [1.54, 1.807) is 60.7 Å². The van der Waals surface area contributed by atoms with E-state index in [4.69, 9.17) is 23.7 Å². The molecule has 0 unspecified atom stereocenters. The van der Waals surface area contributed by atoms with Crippen LogP contribution in [0.5, 0.6) is 0 Å². The van der Waals surface area contributed by atoms with Crippen molar-refractivity contribution in [2.45, 2.75) is 294 Å². The average molecular weight is 1100 g/mol. The molecule has 1 fully saturated rings. The van der Waals surface area contributed by atoms with Gasteiger partial charge in [-0.25, -0.2) is 9.59 Å². The van der Waals surface area contributed by atoms with Crippen molar-refractivity contribution in [3.63, 3.8) is 0 Å². The number of ether oxygens (including phenoxy) is 5. The van der Waals surface area contributed by atoms with Gasteiger partial charge in [0.2, 0.25) is 0 Å². The third-order valence-corrected chi connectivity index (χ3v) is 15.2. The lowest BCUT2D eigenvalue weighted by atomic mass is 9.97. The van der Waals surface area contributed by atoms with Gasteiger partial charge in [-0.1, -0.05) is 243 Å². The molecule has 0 saturated carbocycles. The van der Waals surface area contributed by atoms with E-state index < -0.39 is 92.1 Å². The van der Waals surface area contributed by atoms with Crippen LogP contribution in [0, 0.1) is 0 Å². The summed E-state index contributed by atoms with van der Waals surface area (Å²) in [5, 5.41) is 45.1. The molecule has 78 heavy (non-hydrogen) atoms. The van der Waals surface area contributed by atoms with Crippen LogP contribution in [-0.2, 0) is 33.3 Å². The lowest BCUT2D eigenvalue weighted by Gasteiger charge is -2.40. The molecule has 1 aliphatic heterocycles. The van der Waals surface area contributed by atoms with E-state index in [-0.39, 0.29) is 24.0 Å². The van der Waals surface area contributed by atoms with Crippen LogP contribution < -0.4 is 5.32 Å². The molecule has 2 aromatic carbocycles. The standard InChI is InChI=1S/C64H105NO13/c1-4-6-8-10-12-14-16-18-19-20-21-22-23-24-25-27-29-31-33-41-47-55(75-50(3)67)61(71)65-53(49-74-64-59(70)58(69)57(68)56(48-66)77-64)60(78-63(73)52-44-38-35-39-45-52)54(76-62(72)51-42-36-34-37-43-51)46-40-32-30-28-26-17-15-13-11-9-7-5-2/h34-39,42-45,53-60,64,66,68-70H,4-33,40-41,46-49H2,1-3H3,(H,65,71)/t53-,54+,55+,56+,57-,58-,59+,60-,64-/m0/s1. The Hall–Kier alpha value is -3.92. The van der Waals surface area contributed by atoms with E-state index >= 15 is 0 Å². The van der Waals surface area contributed by atoms with Crippen LogP contribution in [0.25, 0.3) is 0 Å². The number of benzene rings is 2. The van der Waals surface area contributed by atoms with Crippen molar-refractivity contribution in [1.29, 1.82) is 0 Å². The van der Waals surface area contributed by atoms with Gasteiger partial charge in [0.15, 0.2) is 18.5 Å². The van der Waals surface area contributed by atoms with E-state index in [9.17, 15) is 39.6 Å². The Morgan fingerprint density at radius 2 is 0.885 bits per heavy atom. The molecular formula is C64H105NO13. The van der Waals surface area contributed by atoms with Crippen LogP contribution >= 0.6 is 0 Å². The summed E-state index contributed by atoms with van der Waals surface area (Å²) in [5.41, 5.74) is 0.450. The quantitative estimate of drug-likeness (QED) is 0.0238. The van der Waals surface area contributed by atoms with Gasteiger partial charge in [0.05, 0.1) is 30.4 Å². The number of carbonyl (C=O) groups excluding carboxylic acids is 4. The number of hydrogen-bond acceptors (Lipinski definition) is 13. The molecule has 1 amide bonds. The molecule has 1 saturated heterocycles. The third kappa shape index (κ3) is 29.5. The molecule has 2 aromatic rings. The van der Waals surface area contributed by atoms with Crippen molar-refractivity contribution in [3.8, 4) is 0 Å². The molecule has 0 bridgehead atoms. The first-order valence-corrected chi connectivity index (χ1v) is 30.9. The Morgan fingerprint density at radius 1 is 0.500 bits per heavy atom. The minimum atomic E-state index is -1.79. The van der Waals surface area contributed by atoms with E-state index in [0.717, 1.165) is 51.4 Å². The molecule has 0 aliphatic carbocycles. The monoisotopic (exact) mass is 1100 g/mol. The first-order valence-electron chi connectivity index (χ1n) is 30.9. The fourth-order valence-corrected chi connectivity index (χ4v) is 10.4. The molecule has 1 aliphatic rings. The van der Waals surface area contributed by atoms with Gasteiger partial charge in [-0.15, -0.1) is 0 Å². The molecular weight excluding hydrogens is 991 g/mol. The van der Waals surface area contributed by atoms with Crippen LogP contribution in [0.3, 0.4) is 0 Å². The molecule has 5 N–H and O–H groups in total. The van der Waals surface area contributed by atoms with Gasteiger partial charge < -0.3 is 49.4 Å². The first kappa shape index (κ1) is 68.4. The first-order chi connectivity index (χ1) is 38.0. The summed E-state index contributed by atoms with van der Waals surface area (Å²) >= 11 is 0. The summed E-state index contributed by atoms with van der Waals surface area (Å²) in [6, 6.07) is 15.3. The van der Waals surface area contributed by atoms with Gasteiger partial charge in [-0.05, 0) is 49.9 Å². The number of aliphatic hydroxyl groups excluding tert-OH is 4. The molecule has 1 heterocycles. The number of unbranched alkanes of at least 4 members (excludes halogenated alkanes) is 30. The molecule has 14 heteroatoms. The van der Waals surface area contributed by atoms with Crippen LogP contribution in [-0.4, -0.2) is 113 Å². The maximum atomic E-state index is 14.6. The lowest BCUT2D eigenvalue weighted by Crippen LogP contribution is -2.61. The Kier molecular flexibility index (Phi) is 38.4. The molecule has 0 aromatic heterocycles. The fraction of sp³-hybridized carbons (Fsp3) is 0.750. The number of esters is 3. The summed E-state index contributed by atoms with van der Waals surface area (Å²) < 4.78 is 30.0. The molecule has 0 spiro atoms. The summed E-state index contributed by atoms with van der Waals surface area (Å²) in [7, 11) is 0. The summed E-state index contributed by atoms with van der Waals surface area (Å²) in [6.07, 6.45) is 26.2. The van der Waals surface area contributed by atoms with E-state index in [2.05, 4.69) is 19.2 Å². The largest absolute Gasteiger partial charge is 0.455 e. The van der Waals surface area contributed by atoms with E-state index in [0.29, 0.717) is 12.8 Å². The summed E-state index contributed by atoms with van der Waals surface area (Å²) in [5.74, 6) is -2.82. The minimum Gasteiger partial charge on any atom is -0.455 e. The van der Waals surface area contributed by atoms with Crippen molar-refractivity contribution in [3.05, 3.63) is 71.8 Å². The molecule has 0 radical (unpaired) electrons. The van der Waals surface area contributed by atoms with Gasteiger partial charge in [0.25, 0.3) is 5.91 Å². The van der Waals surface area contributed by atoms with Crippen LogP contribution in [0.15, 0.2) is 60.7 Å². The van der Waals surface area contributed by atoms with Crippen molar-refractivity contribution in [1.82, 2.24) is 5.32 Å². The van der Waals surface area contributed by atoms with Crippen molar-refractivity contribution in [2.24, 2.45) is 0 Å². The zero-order valence-corrected chi connectivity index (χ0v) is 48.4. The van der Waals surface area contributed by atoms with Gasteiger partial charge in [-0.3, -0.25) is 9.59 Å². The van der Waals surface area contributed by atoms with E-state index in [1.165, 1.54) is 148 Å². The molecule has 14 nitrogen and oxygen atoms in total. The maximum Gasteiger partial charge on any atom is 0.338 e. The maximum absolute atomic E-state index is 14.6. The SMILES string of the molecule is CCCCCCCCCCCCCCCCCCCCCC[C@@H](OC(C)=O)C(=O)N[C@@H](CO[C@H]1O[C@H](CO)[C@H](O)[C@H](O)[C@H]1O)[C@H](OC(=O)c1ccccc1)[C@@H](CCCCCCCCCCCCCC)OC(=O)c1ccccc1. The number of hydrogen-bond donors (Lipinski definition) is 5. The van der Waals surface area contributed by atoms with Crippen molar-refractivity contribution < 1.29 is 63.3 Å². The highest BCUT2D eigenvalue weighted by Crippen LogP contribution is 2.26. The number of amides is 1. The normalized spacial score (nSPS) is 18.9. The predicted molar refractivity (Wildman–Crippen MR) is 307 cm³/mol. The zero-order valence-electron chi connectivity index (χ0n) is 48.4. The highest BCUT2D eigenvalue weighted by atomic mass is 16.7. The van der Waals surface area contributed by atoms with Crippen molar-refractivity contribution in [2.75, 3.05) is 13.2 Å². The highest BCUT2D eigenvalue weighted by Gasteiger charge is 2.46. The topological polar surface area (TPSA) is 207 Å². The fourth-order valence-electron chi connectivity index (χ4n) is 10.4. The van der Waals surface area contributed by atoms with Gasteiger partial charge in [0, 0.05) is 6.92 Å². The Labute approximate surface area is 469 Å². The van der Waals surface area contributed by atoms with Gasteiger partial charge in [-0.2, -0.15) is 0 Å². The second-order valence-corrected chi connectivity index (χ2v) is 22.0. The van der Waals surface area contributed by atoms with Crippen LogP contribution in [0.4, 0.5) is 0 Å². The Bertz CT molecular complexity index is 1820. The lowest BCUT2D eigenvalue weighted by molar-refractivity contribution is -0.303. The second kappa shape index (κ2) is 43.8. The Morgan fingerprint density at radius 3 is 1.28 bits per heavy atom. The number of nitrogens with one attached hydrogen (secondary N) is 1. The Balaban J connectivity index is 1.75. The number of aliphatic hydroxyl groups is 4. The highest BCUT2D eigenvalue weighted by molar-refractivity contribution is 5.90. The predicted octanol–water partition coefficient (Wildman–Crippen LogP) is 13.0. The van der Waals surface area contributed by atoms with Gasteiger partial charge >= 0.3 is 17.9 Å². The van der Waals surface area contributed by atoms with Crippen LogP contribution in [0.1, 0.15) is 260 Å². The molecule has 444 valence electrons.